The number of aromatic nitrogens is 1. The van der Waals surface area contributed by atoms with Crippen LogP contribution in [-0.2, 0) is 17.6 Å². The highest BCUT2D eigenvalue weighted by Gasteiger charge is 2.29. The van der Waals surface area contributed by atoms with E-state index in [-0.39, 0.29) is 11.8 Å². The Hall–Kier alpha value is -1.96. The van der Waals surface area contributed by atoms with Crippen LogP contribution >= 0.6 is 11.3 Å². The Labute approximate surface area is 188 Å². The number of rotatable bonds is 6. The molecule has 0 saturated carbocycles. The van der Waals surface area contributed by atoms with Crippen LogP contribution in [0.4, 0.5) is 0 Å². The number of Topliss-reactive ketones (excluding diaryl/α,β-unsaturated/α-hetero) is 1. The molecular weight excluding hydrogens is 410 g/mol. The van der Waals surface area contributed by atoms with Gasteiger partial charge < -0.3 is 14.2 Å². The molecule has 1 fully saturated rings. The van der Waals surface area contributed by atoms with E-state index in [4.69, 9.17) is 4.74 Å². The van der Waals surface area contributed by atoms with Gasteiger partial charge in [0.2, 0.25) is 0 Å². The van der Waals surface area contributed by atoms with E-state index in [0.29, 0.717) is 18.7 Å². The third-order valence-corrected chi connectivity index (χ3v) is 7.81. The number of hydrogen-bond donors (Lipinski definition) is 0. The summed E-state index contributed by atoms with van der Waals surface area (Å²) in [5.41, 5.74) is 4.53. The number of ketones is 1. The molecular formula is C24H33N3O3S. The van der Waals surface area contributed by atoms with Gasteiger partial charge in [0.25, 0.3) is 0 Å². The fourth-order valence-corrected chi connectivity index (χ4v) is 6.26. The number of carbonyl (C=O) groups is 2. The first kappa shape index (κ1) is 22.2. The summed E-state index contributed by atoms with van der Waals surface area (Å²) < 4.78 is 7.54. The highest BCUT2D eigenvalue weighted by molar-refractivity contribution is 7.15. The van der Waals surface area contributed by atoms with Crippen molar-refractivity contribution in [1.29, 1.82) is 0 Å². The average molecular weight is 444 g/mol. The normalized spacial score (nSPS) is 17.5. The van der Waals surface area contributed by atoms with Crippen LogP contribution in [0, 0.1) is 13.8 Å². The van der Waals surface area contributed by atoms with Gasteiger partial charge in [-0.1, -0.05) is 0 Å². The number of carbonyl (C=O) groups excluding carboxylic acids is 2. The lowest BCUT2D eigenvalue weighted by atomic mass is 9.95. The van der Waals surface area contributed by atoms with E-state index < -0.39 is 0 Å². The maximum Gasteiger partial charge on any atom is 0.341 e. The lowest BCUT2D eigenvalue weighted by Gasteiger charge is -2.31. The zero-order valence-electron chi connectivity index (χ0n) is 19.1. The summed E-state index contributed by atoms with van der Waals surface area (Å²) in [5, 5.41) is 0.916. The van der Waals surface area contributed by atoms with Crippen LogP contribution in [-0.4, -0.2) is 72.5 Å². The summed E-state index contributed by atoms with van der Waals surface area (Å²) >= 11 is 1.69. The van der Waals surface area contributed by atoms with Crippen LogP contribution in [0.15, 0.2) is 6.07 Å². The smallest absolute Gasteiger partial charge is 0.341 e. The second-order valence-corrected chi connectivity index (χ2v) is 9.82. The van der Waals surface area contributed by atoms with Gasteiger partial charge in [-0.25, -0.2) is 4.79 Å². The van der Waals surface area contributed by atoms with Crippen LogP contribution in [0.3, 0.4) is 0 Å². The largest absolute Gasteiger partial charge is 0.462 e. The predicted octanol–water partition coefficient (Wildman–Crippen LogP) is 3.64. The van der Waals surface area contributed by atoms with Crippen molar-refractivity contribution >= 4 is 23.1 Å². The number of esters is 1. The molecule has 6 nitrogen and oxygen atoms in total. The first-order valence-corrected chi connectivity index (χ1v) is 12.2. The van der Waals surface area contributed by atoms with Gasteiger partial charge in [0.1, 0.15) is 5.00 Å². The molecule has 4 rings (SSSR count). The van der Waals surface area contributed by atoms with Crippen LogP contribution < -0.4 is 0 Å². The molecule has 7 heteroatoms. The molecule has 31 heavy (non-hydrogen) atoms. The average Bonchev–Trinajstić information content (AvgIpc) is 3.26. The molecule has 1 aliphatic carbocycles. The zero-order chi connectivity index (χ0) is 22.1. The van der Waals surface area contributed by atoms with Crippen molar-refractivity contribution in [3.05, 3.63) is 39.0 Å². The number of hydrogen-bond acceptors (Lipinski definition) is 6. The van der Waals surface area contributed by atoms with Crippen molar-refractivity contribution < 1.29 is 14.3 Å². The molecule has 0 radical (unpaired) electrons. The van der Waals surface area contributed by atoms with E-state index in [1.807, 2.05) is 26.8 Å². The first-order chi connectivity index (χ1) is 14.9. The SMILES string of the molecule is CCOC(=O)c1c(-n2c(C)cc(C(=O)CN3CCN(C)CC3)c2C)sc2c1CCCC2. The molecule has 0 N–H and O–H groups in total. The summed E-state index contributed by atoms with van der Waals surface area (Å²) in [6.45, 7) is 10.5. The van der Waals surface area contributed by atoms with Gasteiger partial charge in [-0.2, -0.15) is 0 Å². The summed E-state index contributed by atoms with van der Waals surface area (Å²) in [5.74, 6) is -0.0855. The Kier molecular flexibility index (Phi) is 6.65. The highest BCUT2D eigenvalue weighted by atomic mass is 32.1. The minimum Gasteiger partial charge on any atom is -0.462 e. The van der Waals surface area contributed by atoms with E-state index in [0.717, 1.165) is 79.4 Å². The third-order valence-electron chi connectivity index (χ3n) is 6.53. The Morgan fingerprint density at radius 2 is 1.81 bits per heavy atom. The van der Waals surface area contributed by atoms with E-state index in [9.17, 15) is 9.59 Å². The van der Waals surface area contributed by atoms with E-state index in [1.165, 1.54) is 4.88 Å². The number of nitrogens with zero attached hydrogens (tertiary/aromatic N) is 3. The standard InChI is InChI=1S/C24H33N3O3S/c1-5-30-24(29)22-18-8-6-7-9-21(18)31-23(22)27-16(2)14-19(17(27)3)20(28)15-26-12-10-25(4)11-13-26/h14H,5-13,15H2,1-4H3. The van der Waals surface area contributed by atoms with Gasteiger partial charge >= 0.3 is 5.97 Å². The number of ether oxygens (including phenoxy) is 1. The topological polar surface area (TPSA) is 54.8 Å². The lowest BCUT2D eigenvalue weighted by molar-refractivity contribution is 0.0525. The molecule has 0 spiro atoms. The summed E-state index contributed by atoms with van der Waals surface area (Å²) in [7, 11) is 2.12. The van der Waals surface area contributed by atoms with Crippen LogP contribution in [0.5, 0.6) is 0 Å². The van der Waals surface area contributed by atoms with Crippen LogP contribution in [0.1, 0.15) is 62.3 Å². The number of fused-ring (bicyclic) bond motifs is 1. The number of piperazine rings is 1. The molecule has 0 aromatic carbocycles. The van der Waals surface area contributed by atoms with Gasteiger partial charge in [0.05, 0.1) is 18.7 Å². The Balaban J connectivity index is 1.68. The van der Waals surface area contributed by atoms with Gasteiger partial charge in [-0.15, -0.1) is 11.3 Å². The van der Waals surface area contributed by atoms with Crippen molar-refractivity contribution in [2.45, 2.75) is 46.5 Å². The number of likely N-dealkylation sites (N-methyl/N-ethyl adjacent to an activating group) is 1. The number of thiophene rings is 1. The van der Waals surface area contributed by atoms with E-state index in [1.54, 1.807) is 11.3 Å². The minimum atomic E-state index is -0.241. The summed E-state index contributed by atoms with van der Waals surface area (Å²) in [4.78, 5) is 31.9. The Morgan fingerprint density at radius 1 is 1.10 bits per heavy atom. The van der Waals surface area contributed by atoms with Gasteiger partial charge in [0.15, 0.2) is 5.78 Å². The molecule has 168 valence electrons. The fourth-order valence-electron chi connectivity index (χ4n) is 4.77. The van der Waals surface area contributed by atoms with Crippen LogP contribution in [0.2, 0.25) is 0 Å². The Bertz CT molecular complexity index is 983. The minimum absolute atomic E-state index is 0.155. The second kappa shape index (κ2) is 9.27. The van der Waals surface area contributed by atoms with Gasteiger partial charge in [-0.3, -0.25) is 9.69 Å². The maximum atomic E-state index is 13.2. The van der Waals surface area contributed by atoms with Crippen molar-refractivity contribution in [3.8, 4) is 5.00 Å². The zero-order valence-corrected chi connectivity index (χ0v) is 19.9. The second-order valence-electron chi connectivity index (χ2n) is 8.73. The molecule has 2 aromatic heterocycles. The molecule has 1 aliphatic heterocycles. The van der Waals surface area contributed by atoms with Gasteiger partial charge in [0, 0.05) is 48.0 Å². The molecule has 1 saturated heterocycles. The predicted molar refractivity (Wildman–Crippen MR) is 124 cm³/mol. The molecule has 2 aromatic rings. The molecule has 0 atom stereocenters. The summed E-state index contributed by atoms with van der Waals surface area (Å²) in [6, 6.07) is 1.99. The van der Waals surface area contributed by atoms with E-state index >= 15 is 0 Å². The quantitative estimate of drug-likeness (QED) is 0.504. The van der Waals surface area contributed by atoms with E-state index in [2.05, 4.69) is 21.4 Å². The van der Waals surface area contributed by atoms with Crippen molar-refractivity contribution in [1.82, 2.24) is 14.4 Å². The van der Waals surface area contributed by atoms with Gasteiger partial charge in [-0.05, 0) is 65.1 Å². The molecule has 3 heterocycles. The van der Waals surface area contributed by atoms with Crippen molar-refractivity contribution in [2.24, 2.45) is 0 Å². The molecule has 2 aliphatic rings. The lowest BCUT2D eigenvalue weighted by Crippen LogP contribution is -2.46. The molecule has 0 bridgehead atoms. The molecule has 0 unspecified atom stereocenters. The van der Waals surface area contributed by atoms with Crippen LogP contribution in [0.25, 0.3) is 5.00 Å². The monoisotopic (exact) mass is 443 g/mol. The van der Waals surface area contributed by atoms with Crippen molar-refractivity contribution in [2.75, 3.05) is 46.4 Å². The summed E-state index contributed by atoms with van der Waals surface area (Å²) in [6.07, 6.45) is 4.21. The fraction of sp³-hybridized carbons (Fsp3) is 0.583. The first-order valence-electron chi connectivity index (χ1n) is 11.4. The van der Waals surface area contributed by atoms with Crippen molar-refractivity contribution in [3.63, 3.8) is 0 Å². The molecule has 0 amide bonds. The number of aryl methyl sites for hydroxylation is 2. The highest BCUT2D eigenvalue weighted by Crippen LogP contribution is 2.39. The third kappa shape index (κ3) is 4.36. The Morgan fingerprint density at radius 3 is 2.52 bits per heavy atom. The maximum absolute atomic E-state index is 13.2.